The van der Waals surface area contributed by atoms with Crippen molar-refractivity contribution in [1.29, 1.82) is 0 Å². The Morgan fingerprint density at radius 1 is 1.03 bits per heavy atom. The highest BCUT2D eigenvalue weighted by Gasteiger charge is 2.18. The highest BCUT2D eigenvalue weighted by molar-refractivity contribution is 5.95. The summed E-state index contributed by atoms with van der Waals surface area (Å²) in [6.07, 6.45) is 5.15. The van der Waals surface area contributed by atoms with E-state index in [1.807, 2.05) is 47.4 Å². The molecule has 32 heavy (non-hydrogen) atoms. The quantitative estimate of drug-likeness (QED) is 0.513. The number of hydrogen-bond donors (Lipinski definition) is 0. The molecule has 0 N–H and O–H groups in total. The number of aromatic nitrogens is 1. The van der Waals surface area contributed by atoms with E-state index in [0.717, 1.165) is 46.6 Å². The summed E-state index contributed by atoms with van der Waals surface area (Å²) in [4.78, 5) is 21.1. The van der Waals surface area contributed by atoms with Gasteiger partial charge >= 0.3 is 0 Å². The SMILES string of the molecule is CC(=O)N1Cc2ccc(-c3cccc(OCCCN(C)C)n3)cc2/C=C\c2ccccc21. The average molecular weight is 428 g/mol. The summed E-state index contributed by atoms with van der Waals surface area (Å²) in [5.41, 5.74) is 6.05. The van der Waals surface area contributed by atoms with Crippen molar-refractivity contribution >= 4 is 23.7 Å². The third-order valence-electron chi connectivity index (χ3n) is 5.54. The molecule has 0 unspecified atom stereocenters. The fourth-order valence-electron chi connectivity index (χ4n) is 3.86. The predicted octanol–water partition coefficient (Wildman–Crippen LogP) is 5.12. The number of rotatable bonds is 6. The fourth-order valence-corrected chi connectivity index (χ4v) is 3.86. The van der Waals surface area contributed by atoms with Crippen LogP contribution in [0.5, 0.6) is 5.88 Å². The van der Waals surface area contributed by atoms with Crippen molar-refractivity contribution in [3.63, 3.8) is 0 Å². The molecule has 5 nitrogen and oxygen atoms in total. The van der Waals surface area contributed by atoms with Crippen LogP contribution in [0, 0.1) is 0 Å². The molecule has 0 spiro atoms. The molecular formula is C27H29N3O2. The summed E-state index contributed by atoms with van der Waals surface area (Å²) in [6.45, 7) is 3.78. The molecule has 0 saturated carbocycles. The molecule has 0 fully saturated rings. The van der Waals surface area contributed by atoms with Gasteiger partial charge in [0.2, 0.25) is 11.8 Å². The second-order valence-electron chi connectivity index (χ2n) is 8.28. The number of fused-ring (bicyclic) bond motifs is 2. The van der Waals surface area contributed by atoms with Crippen molar-refractivity contribution in [2.24, 2.45) is 0 Å². The smallest absolute Gasteiger partial charge is 0.224 e. The molecule has 1 aromatic heterocycles. The monoisotopic (exact) mass is 427 g/mol. The Kier molecular flexibility index (Phi) is 6.66. The number of pyridine rings is 1. The molecule has 0 radical (unpaired) electrons. The number of amides is 1. The van der Waals surface area contributed by atoms with Crippen LogP contribution in [0.3, 0.4) is 0 Å². The van der Waals surface area contributed by atoms with Crippen molar-refractivity contribution < 1.29 is 9.53 Å². The normalized spacial score (nSPS) is 13.7. The van der Waals surface area contributed by atoms with E-state index < -0.39 is 0 Å². The summed E-state index contributed by atoms with van der Waals surface area (Å²) in [7, 11) is 4.11. The van der Waals surface area contributed by atoms with Gasteiger partial charge in [-0.05, 0) is 55.4 Å². The predicted molar refractivity (Wildman–Crippen MR) is 131 cm³/mol. The van der Waals surface area contributed by atoms with Gasteiger partial charge in [-0.25, -0.2) is 4.98 Å². The second kappa shape index (κ2) is 9.79. The Labute approximate surface area is 190 Å². The van der Waals surface area contributed by atoms with Crippen LogP contribution in [0.25, 0.3) is 23.4 Å². The van der Waals surface area contributed by atoms with Crippen LogP contribution >= 0.6 is 0 Å². The molecule has 0 bridgehead atoms. The van der Waals surface area contributed by atoms with Crippen LogP contribution in [-0.4, -0.2) is 43.0 Å². The van der Waals surface area contributed by atoms with Crippen molar-refractivity contribution in [3.05, 3.63) is 77.4 Å². The van der Waals surface area contributed by atoms with E-state index in [4.69, 9.17) is 9.72 Å². The van der Waals surface area contributed by atoms with E-state index in [-0.39, 0.29) is 5.91 Å². The topological polar surface area (TPSA) is 45.7 Å². The largest absolute Gasteiger partial charge is 0.478 e. The molecule has 4 rings (SSSR count). The highest BCUT2D eigenvalue weighted by atomic mass is 16.5. The summed E-state index contributed by atoms with van der Waals surface area (Å²) in [6, 6.07) is 20.2. The minimum Gasteiger partial charge on any atom is -0.478 e. The maximum Gasteiger partial charge on any atom is 0.224 e. The van der Waals surface area contributed by atoms with Gasteiger partial charge in [-0.3, -0.25) is 4.79 Å². The first-order valence-electron chi connectivity index (χ1n) is 10.9. The maximum atomic E-state index is 12.4. The van der Waals surface area contributed by atoms with Gasteiger partial charge in [-0.15, -0.1) is 0 Å². The molecule has 164 valence electrons. The van der Waals surface area contributed by atoms with Gasteiger partial charge in [-0.2, -0.15) is 0 Å². The average Bonchev–Trinajstić information content (AvgIpc) is 2.78. The van der Waals surface area contributed by atoms with Gasteiger partial charge < -0.3 is 14.5 Å². The second-order valence-corrected chi connectivity index (χ2v) is 8.28. The summed E-state index contributed by atoms with van der Waals surface area (Å²) < 4.78 is 5.85. The van der Waals surface area contributed by atoms with Crippen LogP contribution in [-0.2, 0) is 11.3 Å². The van der Waals surface area contributed by atoms with Crippen molar-refractivity contribution in [1.82, 2.24) is 9.88 Å². The fraction of sp³-hybridized carbons (Fsp3) is 0.259. The van der Waals surface area contributed by atoms with Crippen LogP contribution < -0.4 is 9.64 Å². The van der Waals surface area contributed by atoms with Crippen LogP contribution in [0.2, 0.25) is 0 Å². The first-order chi connectivity index (χ1) is 15.5. The van der Waals surface area contributed by atoms with Gasteiger partial charge in [0.05, 0.1) is 24.5 Å². The number of benzene rings is 2. The molecule has 1 aliphatic rings. The lowest BCUT2D eigenvalue weighted by molar-refractivity contribution is -0.116. The van der Waals surface area contributed by atoms with Crippen LogP contribution in [0.15, 0.2) is 60.7 Å². The van der Waals surface area contributed by atoms with E-state index in [0.29, 0.717) is 19.0 Å². The van der Waals surface area contributed by atoms with Gasteiger partial charge in [0, 0.05) is 25.1 Å². The summed E-state index contributed by atoms with van der Waals surface area (Å²) in [5, 5.41) is 0. The number of hydrogen-bond acceptors (Lipinski definition) is 4. The molecule has 1 amide bonds. The van der Waals surface area contributed by atoms with Gasteiger partial charge in [0.25, 0.3) is 0 Å². The third kappa shape index (κ3) is 5.06. The van der Waals surface area contributed by atoms with Crippen molar-refractivity contribution in [3.8, 4) is 17.1 Å². The number of nitrogens with zero attached hydrogens (tertiary/aromatic N) is 3. The minimum atomic E-state index is 0.0311. The summed E-state index contributed by atoms with van der Waals surface area (Å²) in [5.74, 6) is 0.670. The van der Waals surface area contributed by atoms with E-state index in [2.05, 4.69) is 49.3 Å². The molecule has 2 heterocycles. The molecule has 5 heteroatoms. The lowest BCUT2D eigenvalue weighted by Crippen LogP contribution is -2.29. The number of carbonyl (C=O) groups excluding carboxylic acids is 1. The number of carbonyl (C=O) groups is 1. The van der Waals surface area contributed by atoms with Gasteiger partial charge in [0.15, 0.2) is 0 Å². The first kappa shape index (κ1) is 21.8. The lowest BCUT2D eigenvalue weighted by atomic mass is 9.97. The number of ether oxygens (including phenoxy) is 1. The van der Waals surface area contributed by atoms with Crippen LogP contribution in [0.1, 0.15) is 30.0 Å². The Hall–Kier alpha value is -3.44. The van der Waals surface area contributed by atoms with E-state index >= 15 is 0 Å². The standard InChI is InChI=1S/C27H29N3O2/c1-20(31)30-19-24-15-14-23(18-22(24)13-12-21-8-4-5-10-26(21)30)25-9-6-11-27(28-25)32-17-7-16-29(2)3/h4-6,8-15,18H,7,16-17,19H2,1-3H3/b13-12-. The molecular weight excluding hydrogens is 398 g/mol. The third-order valence-corrected chi connectivity index (χ3v) is 5.54. The first-order valence-corrected chi connectivity index (χ1v) is 10.9. The highest BCUT2D eigenvalue weighted by Crippen LogP contribution is 2.31. The zero-order valence-corrected chi connectivity index (χ0v) is 18.9. The molecule has 2 aromatic carbocycles. The van der Waals surface area contributed by atoms with Gasteiger partial charge in [-0.1, -0.05) is 48.6 Å². The number of para-hydroxylation sites is 1. The Morgan fingerprint density at radius 3 is 2.66 bits per heavy atom. The Morgan fingerprint density at radius 2 is 1.84 bits per heavy atom. The van der Waals surface area contributed by atoms with Crippen molar-refractivity contribution in [2.45, 2.75) is 19.9 Å². The van der Waals surface area contributed by atoms with Gasteiger partial charge in [0.1, 0.15) is 0 Å². The minimum absolute atomic E-state index is 0.0311. The van der Waals surface area contributed by atoms with Crippen LogP contribution in [0.4, 0.5) is 5.69 Å². The Balaban J connectivity index is 1.61. The maximum absolute atomic E-state index is 12.4. The molecule has 0 saturated heterocycles. The number of anilines is 1. The lowest BCUT2D eigenvalue weighted by Gasteiger charge is -2.26. The summed E-state index contributed by atoms with van der Waals surface area (Å²) >= 11 is 0. The molecule has 1 aliphatic heterocycles. The molecule has 0 atom stereocenters. The molecule has 0 aliphatic carbocycles. The van der Waals surface area contributed by atoms with E-state index in [1.165, 1.54) is 0 Å². The van der Waals surface area contributed by atoms with E-state index in [9.17, 15) is 4.79 Å². The zero-order chi connectivity index (χ0) is 22.5. The van der Waals surface area contributed by atoms with Crippen molar-refractivity contribution in [2.75, 3.05) is 32.1 Å². The van der Waals surface area contributed by atoms with E-state index in [1.54, 1.807) is 6.92 Å². The zero-order valence-electron chi connectivity index (χ0n) is 18.9. The molecule has 3 aromatic rings. The Bertz CT molecular complexity index is 1140.